The Labute approximate surface area is 269 Å². The number of aryl methyl sites for hydroxylation is 1. The van der Waals surface area contributed by atoms with Gasteiger partial charge in [-0.1, -0.05) is 66.2 Å². The highest BCUT2D eigenvalue weighted by Gasteiger charge is 2.35. The SMILES string of the molecule is Cc1cccc(N(CC(=O)N(Cc2ccc(F)cc2)[C@@H](Cc2ccccc2)C(=O)NC(C)(C)C)S(=O)(=O)c2ccc(Cl)cc2)c1. The van der Waals surface area contributed by atoms with Gasteiger partial charge in [0.25, 0.3) is 10.0 Å². The van der Waals surface area contributed by atoms with Gasteiger partial charge in [0.2, 0.25) is 11.8 Å². The Bertz CT molecular complexity index is 1730. The molecule has 45 heavy (non-hydrogen) atoms. The molecular formula is C35H37ClFN3O4S. The number of anilines is 1. The molecule has 10 heteroatoms. The molecule has 4 aromatic rings. The molecule has 1 atom stereocenters. The average molecular weight is 650 g/mol. The molecule has 7 nitrogen and oxygen atoms in total. The van der Waals surface area contributed by atoms with Crippen molar-refractivity contribution in [3.63, 3.8) is 0 Å². The largest absolute Gasteiger partial charge is 0.350 e. The van der Waals surface area contributed by atoms with Gasteiger partial charge in [0, 0.05) is 23.5 Å². The maximum Gasteiger partial charge on any atom is 0.264 e. The second-order valence-corrected chi connectivity index (χ2v) is 14.2. The first-order valence-corrected chi connectivity index (χ1v) is 16.3. The summed E-state index contributed by atoms with van der Waals surface area (Å²) in [5.74, 6) is -1.45. The van der Waals surface area contributed by atoms with Crippen molar-refractivity contribution in [2.75, 3.05) is 10.8 Å². The zero-order chi connectivity index (χ0) is 32.8. The van der Waals surface area contributed by atoms with E-state index in [9.17, 15) is 22.4 Å². The second kappa shape index (κ2) is 14.3. The van der Waals surface area contributed by atoms with Gasteiger partial charge in [-0.05, 0) is 92.9 Å². The molecule has 2 amide bonds. The van der Waals surface area contributed by atoms with Crippen molar-refractivity contribution in [1.82, 2.24) is 10.2 Å². The highest BCUT2D eigenvalue weighted by molar-refractivity contribution is 7.92. The Balaban J connectivity index is 1.81. The third-order valence-electron chi connectivity index (χ3n) is 7.01. The lowest BCUT2D eigenvalue weighted by atomic mass is 10.0. The Hall–Kier alpha value is -4.21. The van der Waals surface area contributed by atoms with Crippen LogP contribution < -0.4 is 9.62 Å². The molecule has 0 bridgehead atoms. The number of carbonyl (C=O) groups excluding carboxylic acids is 2. The Morgan fingerprint density at radius 1 is 0.867 bits per heavy atom. The Morgan fingerprint density at radius 3 is 2.11 bits per heavy atom. The molecule has 0 aliphatic carbocycles. The van der Waals surface area contributed by atoms with Crippen LogP contribution in [0.3, 0.4) is 0 Å². The Kier molecular flexibility index (Phi) is 10.7. The van der Waals surface area contributed by atoms with Crippen LogP contribution in [0.1, 0.15) is 37.5 Å². The molecule has 1 N–H and O–H groups in total. The van der Waals surface area contributed by atoms with Crippen molar-refractivity contribution in [1.29, 1.82) is 0 Å². The molecule has 0 fully saturated rings. The minimum atomic E-state index is -4.25. The summed E-state index contributed by atoms with van der Waals surface area (Å²) in [6.07, 6.45) is 0.171. The van der Waals surface area contributed by atoms with Gasteiger partial charge in [0.05, 0.1) is 10.6 Å². The van der Waals surface area contributed by atoms with Crippen LogP contribution >= 0.6 is 11.6 Å². The molecule has 0 saturated carbocycles. The molecule has 0 heterocycles. The first kappa shape index (κ1) is 33.7. The molecule has 4 rings (SSSR count). The summed E-state index contributed by atoms with van der Waals surface area (Å²) in [5.41, 5.74) is 1.87. The standard InChI is InChI=1S/C35H37ClFN3O4S/c1-25-9-8-12-30(21-25)40(45(43,44)31-19-15-28(36)16-20-31)24-33(41)39(23-27-13-17-29(37)18-14-27)32(34(42)38-35(2,3)4)22-26-10-6-5-7-11-26/h5-21,32H,22-24H2,1-4H3,(H,38,42)/t32-/m0/s1. The number of sulfonamides is 1. The first-order valence-electron chi connectivity index (χ1n) is 14.5. The first-order chi connectivity index (χ1) is 21.2. The van der Waals surface area contributed by atoms with Crippen molar-refractivity contribution in [3.05, 3.63) is 131 Å². The number of nitrogens with zero attached hydrogens (tertiary/aromatic N) is 2. The van der Waals surface area contributed by atoms with Gasteiger partial charge in [-0.25, -0.2) is 12.8 Å². The van der Waals surface area contributed by atoms with Gasteiger partial charge in [0.15, 0.2) is 0 Å². The van der Waals surface area contributed by atoms with Crippen molar-refractivity contribution in [3.8, 4) is 0 Å². The number of carbonyl (C=O) groups is 2. The molecule has 0 aliphatic rings. The fraction of sp³-hybridized carbons (Fsp3) is 0.257. The number of hydrogen-bond acceptors (Lipinski definition) is 4. The molecule has 0 spiro atoms. The predicted octanol–water partition coefficient (Wildman–Crippen LogP) is 6.54. The highest BCUT2D eigenvalue weighted by atomic mass is 35.5. The van der Waals surface area contributed by atoms with Gasteiger partial charge >= 0.3 is 0 Å². The third kappa shape index (κ3) is 9.15. The van der Waals surface area contributed by atoms with E-state index in [1.165, 1.54) is 41.3 Å². The van der Waals surface area contributed by atoms with Gasteiger partial charge in [0.1, 0.15) is 18.4 Å². The van der Waals surface area contributed by atoms with E-state index < -0.39 is 45.8 Å². The van der Waals surface area contributed by atoms with Crippen LogP contribution in [0.15, 0.2) is 108 Å². The van der Waals surface area contributed by atoms with Gasteiger partial charge in [-0.3, -0.25) is 13.9 Å². The minimum Gasteiger partial charge on any atom is -0.350 e. The summed E-state index contributed by atoms with van der Waals surface area (Å²) in [7, 11) is -4.25. The lowest BCUT2D eigenvalue weighted by Crippen LogP contribution is -2.56. The van der Waals surface area contributed by atoms with Crippen LogP contribution in [0.25, 0.3) is 0 Å². The van der Waals surface area contributed by atoms with Gasteiger partial charge in [-0.15, -0.1) is 0 Å². The third-order valence-corrected chi connectivity index (χ3v) is 9.05. The van der Waals surface area contributed by atoms with Gasteiger partial charge in [-0.2, -0.15) is 0 Å². The second-order valence-electron chi connectivity index (χ2n) is 11.9. The van der Waals surface area contributed by atoms with Crippen molar-refractivity contribution in [2.45, 2.75) is 57.1 Å². The number of amides is 2. The zero-order valence-corrected chi connectivity index (χ0v) is 27.3. The van der Waals surface area contributed by atoms with Crippen LogP contribution in [0.2, 0.25) is 5.02 Å². The fourth-order valence-corrected chi connectivity index (χ4v) is 6.37. The zero-order valence-electron chi connectivity index (χ0n) is 25.7. The smallest absolute Gasteiger partial charge is 0.264 e. The monoisotopic (exact) mass is 649 g/mol. The molecule has 4 aromatic carbocycles. The van der Waals surface area contributed by atoms with E-state index in [1.54, 1.807) is 30.3 Å². The number of benzene rings is 4. The maximum absolute atomic E-state index is 14.5. The van der Waals surface area contributed by atoms with Crippen molar-refractivity contribution < 1.29 is 22.4 Å². The van der Waals surface area contributed by atoms with E-state index in [4.69, 9.17) is 11.6 Å². The van der Waals surface area contributed by atoms with Crippen LogP contribution in [0, 0.1) is 12.7 Å². The topological polar surface area (TPSA) is 86.8 Å². The Morgan fingerprint density at radius 2 is 1.51 bits per heavy atom. The van der Waals surface area contributed by atoms with E-state index in [0.29, 0.717) is 16.3 Å². The van der Waals surface area contributed by atoms with Crippen LogP contribution in [0.4, 0.5) is 10.1 Å². The van der Waals surface area contributed by atoms with Crippen LogP contribution in [-0.4, -0.2) is 43.3 Å². The summed E-state index contributed by atoms with van der Waals surface area (Å²) >= 11 is 6.04. The molecule has 0 unspecified atom stereocenters. The summed E-state index contributed by atoms with van der Waals surface area (Å²) < 4.78 is 43.0. The van der Waals surface area contributed by atoms with E-state index in [-0.39, 0.29) is 17.9 Å². The average Bonchev–Trinajstić information content (AvgIpc) is 2.98. The number of nitrogens with one attached hydrogen (secondary N) is 1. The minimum absolute atomic E-state index is 0.0439. The van der Waals surface area contributed by atoms with Crippen molar-refractivity contribution >= 4 is 39.1 Å². The molecule has 0 aromatic heterocycles. The van der Waals surface area contributed by atoms with Gasteiger partial charge < -0.3 is 10.2 Å². The summed E-state index contributed by atoms with van der Waals surface area (Å²) in [6, 6.07) is 26.5. The lowest BCUT2D eigenvalue weighted by Gasteiger charge is -2.35. The van der Waals surface area contributed by atoms with Crippen LogP contribution in [-0.2, 0) is 32.6 Å². The molecular weight excluding hydrogens is 613 g/mol. The summed E-state index contributed by atoms with van der Waals surface area (Å²) in [6.45, 7) is 6.70. The molecule has 236 valence electrons. The normalized spacial score (nSPS) is 12.3. The molecule has 0 saturated heterocycles. The maximum atomic E-state index is 14.5. The molecule has 0 aliphatic heterocycles. The lowest BCUT2D eigenvalue weighted by molar-refractivity contribution is -0.140. The molecule has 0 radical (unpaired) electrons. The highest BCUT2D eigenvalue weighted by Crippen LogP contribution is 2.27. The van der Waals surface area contributed by atoms with Crippen LogP contribution in [0.5, 0.6) is 0 Å². The van der Waals surface area contributed by atoms with E-state index >= 15 is 0 Å². The number of halogens is 2. The number of hydrogen-bond donors (Lipinski definition) is 1. The van der Waals surface area contributed by atoms with E-state index in [1.807, 2.05) is 64.1 Å². The predicted molar refractivity (Wildman–Crippen MR) is 176 cm³/mol. The fourth-order valence-electron chi connectivity index (χ4n) is 4.84. The quantitative estimate of drug-likeness (QED) is 0.200. The number of rotatable bonds is 11. The van der Waals surface area contributed by atoms with E-state index in [2.05, 4.69) is 5.32 Å². The summed E-state index contributed by atoms with van der Waals surface area (Å²) in [4.78, 5) is 29.7. The summed E-state index contributed by atoms with van der Waals surface area (Å²) in [5, 5.41) is 3.35. The van der Waals surface area contributed by atoms with Crippen molar-refractivity contribution in [2.24, 2.45) is 0 Å². The van der Waals surface area contributed by atoms with E-state index in [0.717, 1.165) is 15.4 Å².